The number of amides is 1. The molecule has 2 aromatic carbocycles. The molecule has 1 fully saturated rings. The third-order valence-electron chi connectivity index (χ3n) is 5.50. The number of carbonyl (C=O) groups excluding carboxylic acids is 1. The molecule has 0 spiro atoms. The predicted molar refractivity (Wildman–Crippen MR) is 117 cm³/mol. The SMILES string of the molecule is CCN1CCN(CCCCNC(=O)c2ccccc2COc2ccccc2)CC1. The molecule has 29 heavy (non-hydrogen) atoms. The van der Waals surface area contributed by atoms with Crippen molar-refractivity contribution in [2.24, 2.45) is 0 Å². The number of likely N-dealkylation sites (N-methyl/N-ethyl adjacent to an activating group) is 1. The number of benzene rings is 2. The van der Waals surface area contributed by atoms with Crippen molar-refractivity contribution in [2.45, 2.75) is 26.4 Å². The topological polar surface area (TPSA) is 44.8 Å². The van der Waals surface area contributed by atoms with Gasteiger partial charge in [0.05, 0.1) is 0 Å². The van der Waals surface area contributed by atoms with Gasteiger partial charge in [0.2, 0.25) is 0 Å². The number of ether oxygens (including phenoxy) is 1. The lowest BCUT2D eigenvalue weighted by Crippen LogP contribution is -2.46. The van der Waals surface area contributed by atoms with Crippen molar-refractivity contribution < 1.29 is 9.53 Å². The molecule has 1 aliphatic heterocycles. The second kappa shape index (κ2) is 11.6. The lowest BCUT2D eigenvalue weighted by atomic mass is 10.1. The maximum atomic E-state index is 12.6. The van der Waals surface area contributed by atoms with Gasteiger partial charge in [0.25, 0.3) is 5.91 Å². The number of piperazine rings is 1. The summed E-state index contributed by atoms with van der Waals surface area (Å²) >= 11 is 0. The van der Waals surface area contributed by atoms with E-state index in [2.05, 4.69) is 22.0 Å². The molecule has 2 aromatic rings. The van der Waals surface area contributed by atoms with Crippen LogP contribution in [0.4, 0.5) is 0 Å². The second-order valence-electron chi connectivity index (χ2n) is 7.50. The maximum Gasteiger partial charge on any atom is 0.251 e. The number of para-hydroxylation sites is 1. The number of nitrogens with zero attached hydrogens (tertiary/aromatic N) is 2. The van der Waals surface area contributed by atoms with Crippen molar-refractivity contribution in [1.82, 2.24) is 15.1 Å². The molecule has 0 aromatic heterocycles. The molecule has 1 amide bonds. The Kier molecular flexibility index (Phi) is 8.53. The van der Waals surface area contributed by atoms with Crippen LogP contribution in [0.2, 0.25) is 0 Å². The van der Waals surface area contributed by atoms with Crippen LogP contribution in [-0.2, 0) is 6.61 Å². The fourth-order valence-corrected chi connectivity index (χ4v) is 3.63. The summed E-state index contributed by atoms with van der Waals surface area (Å²) in [5.74, 6) is 0.788. The van der Waals surface area contributed by atoms with Gasteiger partial charge >= 0.3 is 0 Å². The Bertz CT molecular complexity index is 743. The Morgan fingerprint density at radius 2 is 1.62 bits per heavy atom. The molecular formula is C24H33N3O2. The number of hydrogen-bond acceptors (Lipinski definition) is 4. The first-order valence-corrected chi connectivity index (χ1v) is 10.7. The van der Waals surface area contributed by atoms with Crippen molar-refractivity contribution in [3.8, 4) is 5.75 Å². The maximum absolute atomic E-state index is 12.6. The van der Waals surface area contributed by atoms with E-state index in [-0.39, 0.29) is 5.91 Å². The van der Waals surface area contributed by atoms with Gasteiger partial charge in [-0.25, -0.2) is 0 Å². The fraction of sp³-hybridized carbons (Fsp3) is 0.458. The molecule has 1 saturated heterocycles. The minimum atomic E-state index is -0.0196. The number of carbonyl (C=O) groups is 1. The minimum absolute atomic E-state index is 0.0196. The van der Waals surface area contributed by atoms with Gasteiger partial charge in [-0.1, -0.05) is 43.3 Å². The average molecular weight is 396 g/mol. The number of hydrogen-bond donors (Lipinski definition) is 1. The van der Waals surface area contributed by atoms with Gasteiger partial charge in [0, 0.05) is 43.9 Å². The molecule has 0 saturated carbocycles. The van der Waals surface area contributed by atoms with Crippen molar-refractivity contribution in [1.29, 1.82) is 0 Å². The molecule has 0 radical (unpaired) electrons. The van der Waals surface area contributed by atoms with E-state index in [0.29, 0.717) is 18.7 Å². The summed E-state index contributed by atoms with van der Waals surface area (Å²) in [5.41, 5.74) is 1.60. The Morgan fingerprint density at radius 3 is 2.38 bits per heavy atom. The highest BCUT2D eigenvalue weighted by molar-refractivity contribution is 5.95. The van der Waals surface area contributed by atoms with Gasteiger partial charge in [-0.15, -0.1) is 0 Å². The largest absolute Gasteiger partial charge is 0.489 e. The molecule has 0 aliphatic carbocycles. The molecular weight excluding hydrogens is 362 g/mol. The van der Waals surface area contributed by atoms with Crippen LogP contribution < -0.4 is 10.1 Å². The minimum Gasteiger partial charge on any atom is -0.489 e. The molecule has 3 rings (SSSR count). The van der Waals surface area contributed by atoms with E-state index in [4.69, 9.17) is 4.74 Å². The summed E-state index contributed by atoms with van der Waals surface area (Å²) < 4.78 is 5.82. The van der Waals surface area contributed by atoms with E-state index in [1.165, 1.54) is 13.1 Å². The quantitative estimate of drug-likeness (QED) is 0.626. The molecule has 1 N–H and O–H groups in total. The Labute approximate surface area is 174 Å². The van der Waals surface area contributed by atoms with Crippen LogP contribution in [0.15, 0.2) is 54.6 Å². The van der Waals surface area contributed by atoms with Crippen LogP contribution in [0, 0.1) is 0 Å². The van der Waals surface area contributed by atoms with Crippen LogP contribution in [0.1, 0.15) is 35.7 Å². The molecule has 156 valence electrons. The van der Waals surface area contributed by atoms with Crippen LogP contribution in [0.5, 0.6) is 5.75 Å². The smallest absolute Gasteiger partial charge is 0.251 e. The summed E-state index contributed by atoms with van der Waals surface area (Å²) in [4.78, 5) is 17.7. The Hall–Kier alpha value is -2.37. The summed E-state index contributed by atoms with van der Waals surface area (Å²) in [7, 11) is 0. The van der Waals surface area contributed by atoms with E-state index >= 15 is 0 Å². The van der Waals surface area contributed by atoms with Crippen LogP contribution in [0.25, 0.3) is 0 Å². The van der Waals surface area contributed by atoms with Crippen LogP contribution in [0.3, 0.4) is 0 Å². The standard InChI is InChI=1S/C24H33N3O2/c1-2-26-16-18-27(19-17-26)15-9-8-14-25-24(28)23-13-7-6-10-21(23)20-29-22-11-4-3-5-12-22/h3-7,10-13H,2,8-9,14-20H2,1H3,(H,25,28). The van der Waals surface area contributed by atoms with Crippen molar-refractivity contribution in [3.05, 3.63) is 65.7 Å². The first-order valence-electron chi connectivity index (χ1n) is 10.7. The van der Waals surface area contributed by atoms with E-state index in [1.54, 1.807) is 0 Å². The molecule has 5 nitrogen and oxygen atoms in total. The van der Waals surface area contributed by atoms with Crippen molar-refractivity contribution in [3.63, 3.8) is 0 Å². The fourth-order valence-electron chi connectivity index (χ4n) is 3.63. The predicted octanol–water partition coefficient (Wildman–Crippen LogP) is 3.41. The van der Waals surface area contributed by atoms with Gasteiger partial charge in [-0.2, -0.15) is 0 Å². The summed E-state index contributed by atoms with van der Waals surface area (Å²) in [6.07, 6.45) is 2.12. The average Bonchev–Trinajstić information content (AvgIpc) is 2.78. The molecule has 0 atom stereocenters. The normalized spacial score (nSPS) is 15.2. The highest BCUT2D eigenvalue weighted by atomic mass is 16.5. The third-order valence-corrected chi connectivity index (χ3v) is 5.50. The highest BCUT2D eigenvalue weighted by Crippen LogP contribution is 2.15. The lowest BCUT2D eigenvalue weighted by molar-refractivity contribution is 0.0949. The highest BCUT2D eigenvalue weighted by Gasteiger charge is 2.15. The second-order valence-corrected chi connectivity index (χ2v) is 7.50. The molecule has 5 heteroatoms. The molecule has 0 bridgehead atoms. The molecule has 1 aliphatic rings. The monoisotopic (exact) mass is 395 g/mol. The van der Waals surface area contributed by atoms with Crippen LogP contribution in [-0.4, -0.2) is 61.5 Å². The number of unbranched alkanes of at least 4 members (excludes halogenated alkanes) is 1. The summed E-state index contributed by atoms with van der Waals surface area (Å²) in [5, 5.41) is 3.07. The van der Waals surface area contributed by atoms with Gasteiger partial charge in [0.15, 0.2) is 0 Å². The number of nitrogens with one attached hydrogen (secondary N) is 1. The molecule has 0 unspecified atom stereocenters. The Morgan fingerprint density at radius 1 is 0.931 bits per heavy atom. The Balaban J connectivity index is 1.38. The van der Waals surface area contributed by atoms with Gasteiger partial charge in [0.1, 0.15) is 12.4 Å². The summed E-state index contributed by atoms with van der Waals surface area (Å²) in [6.45, 7) is 10.3. The molecule has 1 heterocycles. The van der Waals surface area contributed by atoms with E-state index in [9.17, 15) is 4.79 Å². The van der Waals surface area contributed by atoms with Crippen LogP contribution >= 0.6 is 0 Å². The first-order chi connectivity index (χ1) is 14.3. The van der Waals surface area contributed by atoms with Gasteiger partial charge in [-0.05, 0) is 44.1 Å². The van der Waals surface area contributed by atoms with Gasteiger partial charge < -0.3 is 19.9 Å². The lowest BCUT2D eigenvalue weighted by Gasteiger charge is -2.33. The zero-order valence-corrected chi connectivity index (χ0v) is 17.5. The van der Waals surface area contributed by atoms with E-state index < -0.39 is 0 Å². The van der Waals surface area contributed by atoms with Crippen molar-refractivity contribution in [2.75, 3.05) is 45.8 Å². The van der Waals surface area contributed by atoms with Crippen molar-refractivity contribution >= 4 is 5.91 Å². The zero-order valence-electron chi connectivity index (χ0n) is 17.5. The van der Waals surface area contributed by atoms with E-state index in [1.807, 2.05) is 54.6 Å². The summed E-state index contributed by atoms with van der Waals surface area (Å²) in [6, 6.07) is 17.3. The van der Waals surface area contributed by atoms with Gasteiger partial charge in [-0.3, -0.25) is 4.79 Å². The third kappa shape index (κ3) is 6.87. The van der Waals surface area contributed by atoms with E-state index in [0.717, 1.165) is 50.3 Å². The first kappa shape index (κ1) is 21.3. The number of rotatable bonds is 10. The zero-order chi connectivity index (χ0) is 20.3.